The Hall–Kier alpha value is -0.660. The second kappa shape index (κ2) is 4.43. The van der Waals surface area contributed by atoms with Gasteiger partial charge in [0, 0.05) is 11.8 Å². The van der Waals surface area contributed by atoms with Crippen molar-refractivity contribution in [3.8, 4) is 0 Å². The highest BCUT2D eigenvalue weighted by atomic mass is 19.1. The van der Waals surface area contributed by atoms with Crippen LogP contribution >= 0.6 is 0 Å². The zero-order chi connectivity index (χ0) is 14.8. The molecule has 0 heterocycles. The van der Waals surface area contributed by atoms with Gasteiger partial charge in [-0.15, -0.1) is 0 Å². The maximum absolute atomic E-state index is 14.4. The Kier molecular flexibility index (Phi) is 2.94. The number of hydrogen-bond donors (Lipinski definition) is 0. The van der Waals surface area contributed by atoms with Crippen LogP contribution in [0.2, 0.25) is 0 Å². The highest BCUT2D eigenvalue weighted by Crippen LogP contribution is 2.65. The highest BCUT2D eigenvalue weighted by molar-refractivity contribution is 5.91. The van der Waals surface area contributed by atoms with Gasteiger partial charge in [0.1, 0.15) is 6.17 Å². The molecule has 6 atom stereocenters. The molecule has 0 aliphatic heterocycles. The molecule has 4 rings (SSSR count). The Balaban J connectivity index is 1.69. The van der Waals surface area contributed by atoms with Crippen molar-refractivity contribution in [1.29, 1.82) is 0 Å². The summed E-state index contributed by atoms with van der Waals surface area (Å²) in [6.07, 6.45) is 9.48. The van der Waals surface area contributed by atoms with Gasteiger partial charge >= 0.3 is 0 Å². The van der Waals surface area contributed by atoms with Gasteiger partial charge in [0.2, 0.25) is 0 Å². The second-order valence-electron chi connectivity index (χ2n) is 8.56. The van der Waals surface area contributed by atoms with Crippen LogP contribution in [0.25, 0.3) is 0 Å². The summed E-state index contributed by atoms with van der Waals surface area (Å²) in [7, 11) is 0. The number of carbonyl (C=O) groups is 1. The third-order valence-corrected chi connectivity index (χ3v) is 7.85. The normalized spacial score (nSPS) is 52.7. The molecular weight excluding hydrogens is 263 g/mol. The van der Waals surface area contributed by atoms with E-state index in [2.05, 4.69) is 13.8 Å². The van der Waals surface area contributed by atoms with Gasteiger partial charge in [-0.2, -0.15) is 0 Å². The van der Waals surface area contributed by atoms with E-state index in [-0.39, 0.29) is 10.8 Å². The molecule has 0 spiro atoms. The number of alkyl halides is 1. The lowest BCUT2D eigenvalue weighted by Gasteiger charge is -2.57. The van der Waals surface area contributed by atoms with Gasteiger partial charge < -0.3 is 0 Å². The number of rotatable bonds is 0. The standard InChI is InChI=1S/C19H27FO/c1-18-9-7-13(21)11-12(18)3-4-14-15-5-6-17(20)19(15,2)10-8-16(14)18/h11,14-17H,3-10H2,1-2H3/t14-,15-,16-,17-,18-,19-/m0/s1. The molecule has 21 heavy (non-hydrogen) atoms. The lowest BCUT2D eigenvalue weighted by atomic mass is 9.47. The molecule has 4 aliphatic rings. The fourth-order valence-electron chi connectivity index (χ4n) is 6.50. The molecular formula is C19H27FO. The monoisotopic (exact) mass is 290 g/mol. The summed E-state index contributed by atoms with van der Waals surface area (Å²) in [4.78, 5) is 11.8. The first-order chi connectivity index (χ1) is 9.95. The van der Waals surface area contributed by atoms with Crippen molar-refractivity contribution in [3.05, 3.63) is 11.6 Å². The van der Waals surface area contributed by atoms with Crippen LogP contribution in [-0.4, -0.2) is 12.0 Å². The van der Waals surface area contributed by atoms with Crippen LogP contribution in [0.1, 0.15) is 65.2 Å². The summed E-state index contributed by atoms with van der Waals surface area (Å²) in [5.74, 6) is 2.29. The molecule has 116 valence electrons. The second-order valence-corrected chi connectivity index (χ2v) is 8.56. The molecule has 4 aliphatic carbocycles. The lowest BCUT2D eigenvalue weighted by Crippen LogP contribution is -2.50. The van der Waals surface area contributed by atoms with Crippen molar-refractivity contribution in [2.75, 3.05) is 0 Å². The van der Waals surface area contributed by atoms with E-state index in [1.807, 2.05) is 6.08 Å². The number of ketones is 1. The highest BCUT2D eigenvalue weighted by Gasteiger charge is 2.59. The molecule has 0 unspecified atom stereocenters. The zero-order valence-corrected chi connectivity index (χ0v) is 13.3. The fraction of sp³-hybridized carbons (Fsp3) is 0.842. The topological polar surface area (TPSA) is 17.1 Å². The van der Waals surface area contributed by atoms with Gasteiger partial charge in [-0.1, -0.05) is 19.4 Å². The Morgan fingerprint density at radius 1 is 1.05 bits per heavy atom. The van der Waals surface area contributed by atoms with Crippen molar-refractivity contribution in [2.45, 2.75) is 71.4 Å². The summed E-state index contributed by atoms with van der Waals surface area (Å²) in [6, 6.07) is 0. The van der Waals surface area contributed by atoms with E-state index in [0.29, 0.717) is 23.5 Å². The number of fused-ring (bicyclic) bond motifs is 5. The van der Waals surface area contributed by atoms with E-state index in [9.17, 15) is 9.18 Å². The van der Waals surface area contributed by atoms with Crippen LogP contribution in [0.4, 0.5) is 4.39 Å². The van der Waals surface area contributed by atoms with E-state index < -0.39 is 6.17 Å². The van der Waals surface area contributed by atoms with Gasteiger partial charge in [-0.05, 0) is 74.2 Å². The Morgan fingerprint density at radius 2 is 1.86 bits per heavy atom. The van der Waals surface area contributed by atoms with Gasteiger partial charge in [0.05, 0.1) is 0 Å². The van der Waals surface area contributed by atoms with E-state index in [1.54, 1.807) is 0 Å². The molecule has 2 heteroatoms. The average Bonchev–Trinajstić information content (AvgIpc) is 2.76. The maximum atomic E-state index is 14.4. The van der Waals surface area contributed by atoms with Crippen molar-refractivity contribution in [3.63, 3.8) is 0 Å². The molecule has 3 saturated carbocycles. The van der Waals surface area contributed by atoms with Crippen molar-refractivity contribution in [2.24, 2.45) is 28.6 Å². The smallest absolute Gasteiger partial charge is 0.155 e. The molecule has 0 N–H and O–H groups in total. The van der Waals surface area contributed by atoms with E-state index in [4.69, 9.17) is 0 Å². The third-order valence-electron chi connectivity index (χ3n) is 7.85. The first-order valence-corrected chi connectivity index (χ1v) is 8.83. The van der Waals surface area contributed by atoms with Crippen LogP contribution in [0.15, 0.2) is 11.6 Å². The SMILES string of the molecule is C[C@]12CC[C@H]3[C@@H](CCC4=CC(=O)CC[C@@]43C)[C@@H]1CC[C@@H]2F. The summed E-state index contributed by atoms with van der Waals surface area (Å²) in [6.45, 7) is 4.61. The minimum Gasteiger partial charge on any atom is -0.295 e. The summed E-state index contributed by atoms with van der Waals surface area (Å²) in [5.41, 5.74) is 1.59. The fourth-order valence-corrected chi connectivity index (χ4v) is 6.50. The van der Waals surface area contributed by atoms with Gasteiger partial charge in [-0.25, -0.2) is 4.39 Å². The molecule has 0 amide bonds. The lowest BCUT2D eigenvalue weighted by molar-refractivity contribution is -0.117. The maximum Gasteiger partial charge on any atom is 0.155 e. The van der Waals surface area contributed by atoms with E-state index in [1.165, 1.54) is 18.4 Å². The Bertz CT molecular complexity index is 510. The van der Waals surface area contributed by atoms with Gasteiger partial charge in [-0.3, -0.25) is 4.79 Å². The number of allylic oxidation sites excluding steroid dienone is 1. The third kappa shape index (κ3) is 1.77. The van der Waals surface area contributed by atoms with Crippen molar-refractivity contribution in [1.82, 2.24) is 0 Å². The van der Waals surface area contributed by atoms with Crippen LogP contribution in [0.3, 0.4) is 0 Å². The minimum absolute atomic E-state index is 0.0524. The number of hydrogen-bond acceptors (Lipinski definition) is 1. The van der Waals surface area contributed by atoms with Gasteiger partial charge in [0.15, 0.2) is 5.78 Å². The van der Waals surface area contributed by atoms with Gasteiger partial charge in [0.25, 0.3) is 0 Å². The quantitative estimate of drug-likeness (QED) is 0.623. The average molecular weight is 290 g/mol. The van der Waals surface area contributed by atoms with Crippen LogP contribution in [0.5, 0.6) is 0 Å². The molecule has 0 aromatic heterocycles. The predicted molar refractivity (Wildman–Crippen MR) is 81.6 cm³/mol. The zero-order valence-electron chi connectivity index (χ0n) is 13.3. The van der Waals surface area contributed by atoms with Crippen LogP contribution in [-0.2, 0) is 4.79 Å². The largest absolute Gasteiger partial charge is 0.295 e. The molecule has 0 saturated heterocycles. The number of halogens is 1. The molecule has 0 radical (unpaired) electrons. The van der Waals surface area contributed by atoms with Crippen LogP contribution < -0.4 is 0 Å². The minimum atomic E-state index is -0.582. The number of carbonyl (C=O) groups excluding carboxylic acids is 1. The van der Waals surface area contributed by atoms with Crippen LogP contribution in [0, 0.1) is 28.6 Å². The molecule has 3 fully saturated rings. The molecule has 0 aromatic carbocycles. The predicted octanol–water partition coefficient (Wildman–Crippen LogP) is 4.86. The Labute approximate surface area is 127 Å². The molecule has 1 nitrogen and oxygen atoms in total. The first-order valence-electron chi connectivity index (χ1n) is 8.83. The molecule has 0 aromatic rings. The summed E-state index contributed by atoms with van der Waals surface area (Å²) >= 11 is 0. The van der Waals surface area contributed by atoms with E-state index >= 15 is 0 Å². The molecule has 0 bridgehead atoms. The summed E-state index contributed by atoms with van der Waals surface area (Å²) in [5, 5.41) is 0. The Morgan fingerprint density at radius 3 is 2.67 bits per heavy atom. The van der Waals surface area contributed by atoms with Crippen molar-refractivity contribution < 1.29 is 9.18 Å². The van der Waals surface area contributed by atoms with E-state index in [0.717, 1.165) is 38.5 Å². The van der Waals surface area contributed by atoms with Crippen molar-refractivity contribution >= 4 is 5.78 Å². The first kappa shape index (κ1) is 14.0. The summed E-state index contributed by atoms with van der Waals surface area (Å²) < 4.78 is 14.4.